The van der Waals surface area contributed by atoms with Crippen molar-refractivity contribution in [2.24, 2.45) is 0 Å². The Kier molecular flexibility index (Phi) is 4.21. The molecule has 0 spiro atoms. The number of carbonyl (C=O) groups excluding carboxylic acids is 1. The minimum atomic E-state index is -2.94. The molecule has 5 nitrogen and oxygen atoms in total. The number of amides is 1. The van der Waals surface area contributed by atoms with Crippen LogP contribution in [0.3, 0.4) is 0 Å². The summed E-state index contributed by atoms with van der Waals surface area (Å²) in [6.45, 7) is 0.796. The second-order valence-corrected chi connectivity index (χ2v) is 6.92. The number of carbonyl (C=O) groups is 1. The summed E-state index contributed by atoms with van der Waals surface area (Å²) in [7, 11) is -1.34. The summed E-state index contributed by atoms with van der Waals surface area (Å²) >= 11 is 0. The summed E-state index contributed by atoms with van der Waals surface area (Å²) in [5, 5.41) is 2.65. The molecule has 1 N–H and O–H groups in total. The van der Waals surface area contributed by atoms with E-state index in [0.29, 0.717) is 13.1 Å². The average Bonchev–Trinajstić information content (AvgIpc) is 2.42. The molecule has 1 atom stereocenters. The molecule has 0 saturated carbocycles. The van der Waals surface area contributed by atoms with Gasteiger partial charge in [0.15, 0.2) is 9.84 Å². The summed E-state index contributed by atoms with van der Waals surface area (Å²) in [4.78, 5) is 14.0. The summed E-state index contributed by atoms with van der Waals surface area (Å²) in [6, 6.07) is 9.02. The molecular formula is C13H18N2O3S. The highest BCUT2D eigenvalue weighted by atomic mass is 32.2. The summed E-state index contributed by atoms with van der Waals surface area (Å²) < 4.78 is 22.9. The molecule has 6 heteroatoms. The first-order valence-electron chi connectivity index (χ1n) is 6.24. The Morgan fingerprint density at radius 3 is 2.32 bits per heavy atom. The van der Waals surface area contributed by atoms with Gasteiger partial charge >= 0.3 is 0 Å². The molecule has 1 heterocycles. The van der Waals surface area contributed by atoms with Crippen LogP contribution in [0.4, 0.5) is 0 Å². The zero-order valence-corrected chi connectivity index (χ0v) is 11.7. The van der Waals surface area contributed by atoms with Crippen molar-refractivity contribution in [1.82, 2.24) is 10.2 Å². The molecule has 1 aromatic rings. The van der Waals surface area contributed by atoms with E-state index in [1.807, 2.05) is 35.2 Å². The Morgan fingerprint density at radius 1 is 1.21 bits per heavy atom. The molecule has 0 bridgehead atoms. The number of nitrogens with zero attached hydrogens (tertiary/aromatic N) is 1. The smallest absolute Gasteiger partial charge is 0.241 e. The van der Waals surface area contributed by atoms with Crippen molar-refractivity contribution in [2.45, 2.75) is 6.04 Å². The fourth-order valence-corrected chi connectivity index (χ4v) is 3.51. The lowest BCUT2D eigenvalue weighted by atomic mass is 10.0. The molecular weight excluding hydrogens is 264 g/mol. The first kappa shape index (κ1) is 14.0. The maximum absolute atomic E-state index is 12.1. The van der Waals surface area contributed by atoms with Gasteiger partial charge in [0.05, 0.1) is 11.5 Å². The van der Waals surface area contributed by atoms with E-state index in [1.54, 1.807) is 7.05 Å². The van der Waals surface area contributed by atoms with Crippen LogP contribution in [0.2, 0.25) is 0 Å². The van der Waals surface area contributed by atoms with E-state index in [4.69, 9.17) is 0 Å². The monoisotopic (exact) mass is 282 g/mol. The third-order valence-corrected chi connectivity index (χ3v) is 4.96. The maximum atomic E-state index is 12.1. The summed E-state index contributed by atoms with van der Waals surface area (Å²) in [6.07, 6.45) is 0. The molecule has 1 amide bonds. The number of rotatable bonds is 3. The number of likely N-dealkylation sites (N-methyl/N-ethyl adjacent to an activating group) is 1. The predicted molar refractivity (Wildman–Crippen MR) is 73.5 cm³/mol. The second kappa shape index (κ2) is 5.71. The van der Waals surface area contributed by atoms with Gasteiger partial charge in [0.2, 0.25) is 5.91 Å². The molecule has 0 aromatic heterocycles. The van der Waals surface area contributed by atoms with Crippen molar-refractivity contribution in [3.05, 3.63) is 35.9 Å². The third kappa shape index (κ3) is 3.33. The van der Waals surface area contributed by atoms with E-state index < -0.39 is 15.9 Å². The van der Waals surface area contributed by atoms with E-state index in [1.165, 1.54) is 0 Å². The molecule has 1 saturated heterocycles. The molecule has 1 fully saturated rings. The van der Waals surface area contributed by atoms with Crippen molar-refractivity contribution in [3.8, 4) is 0 Å². The quantitative estimate of drug-likeness (QED) is 0.860. The molecule has 2 rings (SSSR count). The molecule has 1 aliphatic heterocycles. The molecule has 1 unspecified atom stereocenters. The molecule has 0 aliphatic carbocycles. The van der Waals surface area contributed by atoms with Crippen LogP contribution in [0.25, 0.3) is 0 Å². The maximum Gasteiger partial charge on any atom is 0.241 e. The van der Waals surface area contributed by atoms with Crippen LogP contribution in [0.1, 0.15) is 11.6 Å². The Morgan fingerprint density at radius 2 is 1.79 bits per heavy atom. The van der Waals surface area contributed by atoms with Crippen LogP contribution in [0, 0.1) is 0 Å². The number of sulfone groups is 1. The number of nitrogens with one attached hydrogen (secondary N) is 1. The van der Waals surface area contributed by atoms with Crippen molar-refractivity contribution in [2.75, 3.05) is 31.6 Å². The Bertz CT molecular complexity index is 528. The number of hydrogen-bond acceptors (Lipinski definition) is 4. The van der Waals surface area contributed by atoms with Gasteiger partial charge in [-0.25, -0.2) is 8.42 Å². The minimum Gasteiger partial charge on any atom is -0.358 e. The fourth-order valence-electron chi connectivity index (χ4n) is 2.28. The zero-order valence-electron chi connectivity index (χ0n) is 10.9. The van der Waals surface area contributed by atoms with E-state index in [-0.39, 0.29) is 17.4 Å². The van der Waals surface area contributed by atoms with E-state index in [0.717, 1.165) is 5.56 Å². The van der Waals surface area contributed by atoms with Crippen LogP contribution in [0.5, 0.6) is 0 Å². The largest absolute Gasteiger partial charge is 0.358 e. The van der Waals surface area contributed by atoms with Crippen molar-refractivity contribution >= 4 is 15.7 Å². The van der Waals surface area contributed by atoms with Gasteiger partial charge in [-0.3, -0.25) is 9.69 Å². The number of hydrogen-bond donors (Lipinski definition) is 1. The van der Waals surface area contributed by atoms with Crippen LogP contribution < -0.4 is 5.32 Å². The molecule has 1 aliphatic rings. The van der Waals surface area contributed by atoms with E-state index in [2.05, 4.69) is 5.32 Å². The van der Waals surface area contributed by atoms with Gasteiger partial charge in [-0.05, 0) is 5.56 Å². The van der Waals surface area contributed by atoms with Crippen molar-refractivity contribution < 1.29 is 13.2 Å². The van der Waals surface area contributed by atoms with Gasteiger partial charge < -0.3 is 5.32 Å². The van der Waals surface area contributed by atoms with Gasteiger partial charge in [-0.1, -0.05) is 30.3 Å². The molecule has 1 aromatic carbocycles. The standard InChI is InChI=1S/C13H18N2O3S/c1-14-13(16)12(11-5-3-2-4-6-11)15-7-9-19(17,18)10-8-15/h2-6,12H,7-10H2,1H3,(H,14,16). The van der Waals surface area contributed by atoms with Gasteiger partial charge in [0.25, 0.3) is 0 Å². The lowest BCUT2D eigenvalue weighted by Gasteiger charge is -2.33. The van der Waals surface area contributed by atoms with Crippen molar-refractivity contribution in [3.63, 3.8) is 0 Å². The lowest BCUT2D eigenvalue weighted by Crippen LogP contribution is -2.47. The van der Waals surface area contributed by atoms with Crippen LogP contribution in [-0.4, -0.2) is 50.9 Å². The highest BCUT2D eigenvalue weighted by Crippen LogP contribution is 2.22. The minimum absolute atomic E-state index is 0.106. The predicted octanol–water partition coefficient (Wildman–Crippen LogP) is 0.204. The SMILES string of the molecule is CNC(=O)C(c1ccccc1)N1CCS(=O)(=O)CC1. The van der Waals surface area contributed by atoms with Crippen LogP contribution in [0.15, 0.2) is 30.3 Å². The number of benzene rings is 1. The van der Waals surface area contributed by atoms with Gasteiger partial charge in [-0.15, -0.1) is 0 Å². The van der Waals surface area contributed by atoms with Gasteiger partial charge in [0.1, 0.15) is 6.04 Å². The van der Waals surface area contributed by atoms with Crippen LogP contribution >= 0.6 is 0 Å². The Balaban J connectivity index is 2.23. The van der Waals surface area contributed by atoms with Gasteiger partial charge in [0, 0.05) is 20.1 Å². The first-order valence-corrected chi connectivity index (χ1v) is 8.06. The van der Waals surface area contributed by atoms with Crippen molar-refractivity contribution in [1.29, 1.82) is 0 Å². The molecule has 19 heavy (non-hydrogen) atoms. The highest BCUT2D eigenvalue weighted by molar-refractivity contribution is 7.91. The van der Waals surface area contributed by atoms with Crippen LogP contribution in [-0.2, 0) is 14.6 Å². The highest BCUT2D eigenvalue weighted by Gasteiger charge is 2.31. The average molecular weight is 282 g/mol. The Hall–Kier alpha value is -1.40. The summed E-state index contributed by atoms with van der Waals surface area (Å²) in [5.74, 6) is 0.131. The topological polar surface area (TPSA) is 66.5 Å². The summed E-state index contributed by atoms with van der Waals surface area (Å²) in [5.41, 5.74) is 0.890. The Labute approximate surface area is 113 Å². The second-order valence-electron chi connectivity index (χ2n) is 4.62. The van der Waals surface area contributed by atoms with E-state index >= 15 is 0 Å². The fraction of sp³-hybridized carbons (Fsp3) is 0.462. The van der Waals surface area contributed by atoms with E-state index in [9.17, 15) is 13.2 Å². The lowest BCUT2D eigenvalue weighted by molar-refractivity contribution is -0.126. The van der Waals surface area contributed by atoms with Gasteiger partial charge in [-0.2, -0.15) is 0 Å². The zero-order chi connectivity index (χ0) is 13.9. The molecule has 104 valence electrons. The first-order chi connectivity index (χ1) is 9.03. The molecule has 0 radical (unpaired) electrons. The normalized spacial score (nSPS) is 20.7. The third-order valence-electron chi connectivity index (χ3n) is 3.35.